The second-order valence-electron chi connectivity index (χ2n) is 5.30. The average Bonchev–Trinajstić information content (AvgIpc) is 1.99. The predicted octanol–water partition coefficient (Wildman–Crippen LogP) is 2.39. The van der Waals surface area contributed by atoms with Crippen LogP contribution in [0.3, 0.4) is 0 Å². The van der Waals surface area contributed by atoms with E-state index in [4.69, 9.17) is 9.84 Å². The van der Waals surface area contributed by atoms with E-state index in [1.165, 1.54) is 0 Å². The third-order valence-corrected chi connectivity index (χ3v) is 2.16. The quantitative estimate of drug-likeness (QED) is 0.579. The molecule has 0 aliphatic carbocycles. The highest BCUT2D eigenvalue weighted by molar-refractivity contribution is 5.87. The van der Waals surface area contributed by atoms with Crippen molar-refractivity contribution in [1.29, 1.82) is 0 Å². The minimum Gasteiger partial charge on any atom is -0.481 e. The van der Waals surface area contributed by atoms with Crippen LogP contribution in [0, 0.1) is 5.41 Å². The SMILES string of the molecule is C=C(C)C(=O)OC(C)(C)CC(C)(C)C(=O)O. The molecule has 0 aromatic rings. The standard InChI is InChI=1S/C12H20O4/c1-8(2)9(13)16-12(5,6)7-11(3,4)10(14)15/h1,7H2,2-6H3,(H,14,15). The number of ether oxygens (including phenoxy) is 1. The fourth-order valence-electron chi connectivity index (χ4n) is 1.51. The number of carbonyl (C=O) groups excluding carboxylic acids is 1. The number of hydrogen-bond acceptors (Lipinski definition) is 3. The molecule has 0 bridgehead atoms. The number of esters is 1. The van der Waals surface area contributed by atoms with Crippen LogP contribution in [0.25, 0.3) is 0 Å². The number of rotatable bonds is 5. The highest BCUT2D eigenvalue weighted by Gasteiger charge is 2.36. The van der Waals surface area contributed by atoms with Gasteiger partial charge in [0.1, 0.15) is 5.60 Å². The fraction of sp³-hybridized carbons (Fsp3) is 0.667. The number of aliphatic carboxylic acids is 1. The lowest BCUT2D eigenvalue weighted by Crippen LogP contribution is -2.37. The zero-order valence-electron chi connectivity index (χ0n) is 10.6. The van der Waals surface area contributed by atoms with Gasteiger partial charge in [0, 0.05) is 12.0 Å². The lowest BCUT2D eigenvalue weighted by atomic mass is 9.82. The zero-order chi connectivity index (χ0) is 13.1. The summed E-state index contributed by atoms with van der Waals surface area (Å²) >= 11 is 0. The van der Waals surface area contributed by atoms with E-state index >= 15 is 0 Å². The molecule has 0 aromatic carbocycles. The maximum atomic E-state index is 11.3. The molecule has 4 nitrogen and oxygen atoms in total. The Hall–Kier alpha value is -1.32. The maximum absolute atomic E-state index is 11.3. The lowest BCUT2D eigenvalue weighted by molar-refractivity contribution is -0.161. The Bertz CT molecular complexity index is 313. The van der Waals surface area contributed by atoms with E-state index in [9.17, 15) is 9.59 Å². The monoisotopic (exact) mass is 228 g/mol. The van der Waals surface area contributed by atoms with Crippen LogP contribution in [0.1, 0.15) is 41.0 Å². The molecule has 0 rings (SSSR count). The van der Waals surface area contributed by atoms with Crippen molar-refractivity contribution in [1.82, 2.24) is 0 Å². The molecule has 0 saturated carbocycles. The second-order valence-corrected chi connectivity index (χ2v) is 5.30. The third-order valence-electron chi connectivity index (χ3n) is 2.16. The van der Waals surface area contributed by atoms with E-state index in [0.29, 0.717) is 5.57 Å². The van der Waals surface area contributed by atoms with Gasteiger partial charge in [0.05, 0.1) is 5.41 Å². The van der Waals surface area contributed by atoms with Gasteiger partial charge in [0.15, 0.2) is 0 Å². The normalized spacial score (nSPS) is 12.1. The minimum absolute atomic E-state index is 0.244. The molecular formula is C12H20O4. The van der Waals surface area contributed by atoms with E-state index in [2.05, 4.69) is 6.58 Å². The minimum atomic E-state index is -0.932. The molecule has 0 spiro atoms. The Morgan fingerprint density at radius 2 is 1.69 bits per heavy atom. The van der Waals surface area contributed by atoms with Crippen molar-refractivity contribution in [3.05, 3.63) is 12.2 Å². The van der Waals surface area contributed by atoms with E-state index < -0.39 is 23.0 Å². The van der Waals surface area contributed by atoms with Crippen molar-refractivity contribution in [3.63, 3.8) is 0 Å². The van der Waals surface area contributed by atoms with Gasteiger partial charge in [-0.15, -0.1) is 0 Å². The van der Waals surface area contributed by atoms with Gasteiger partial charge in [-0.05, 0) is 34.6 Å². The Kier molecular flexibility index (Phi) is 4.29. The van der Waals surface area contributed by atoms with Crippen molar-refractivity contribution in [2.45, 2.75) is 46.6 Å². The summed E-state index contributed by atoms with van der Waals surface area (Å²) in [5.41, 5.74) is -1.45. The summed E-state index contributed by atoms with van der Waals surface area (Å²) in [5.74, 6) is -1.40. The van der Waals surface area contributed by atoms with E-state index in [1.54, 1.807) is 34.6 Å². The van der Waals surface area contributed by atoms with Crippen molar-refractivity contribution in [2.75, 3.05) is 0 Å². The summed E-state index contributed by atoms with van der Waals surface area (Å²) < 4.78 is 5.18. The first-order chi connectivity index (χ1) is 6.98. The Morgan fingerprint density at radius 1 is 1.25 bits per heavy atom. The van der Waals surface area contributed by atoms with Crippen molar-refractivity contribution < 1.29 is 19.4 Å². The fourth-order valence-corrected chi connectivity index (χ4v) is 1.51. The Morgan fingerprint density at radius 3 is 2.00 bits per heavy atom. The molecule has 0 saturated heterocycles. The molecule has 1 N–H and O–H groups in total. The van der Waals surface area contributed by atoms with Crippen molar-refractivity contribution in [3.8, 4) is 0 Å². The molecule has 0 atom stereocenters. The van der Waals surface area contributed by atoms with Gasteiger partial charge >= 0.3 is 11.9 Å². The summed E-state index contributed by atoms with van der Waals surface area (Å²) in [5, 5.41) is 8.99. The molecule has 0 radical (unpaired) electrons. The van der Waals surface area contributed by atoms with E-state index in [-0.39, 0.29) is 6.42 Å². The third kappa shape index (κ3) is 4.47. The molecule has 0 aliphatic heterocycles. The molecule has 0 aliphatic rings. The maximum Gasteiger partial charge on any atom is 0.333 e. The van der Waals surface area contributed by atoms with Gasteiger partial charge in [-0.1, -0.05) is 6.58 Å². The molecule has 0 unspecified atom stereocenters. The van der Waals surface area contributed by atoms with Gasteiger partial charge in [-0.2, -0.15) is 0 Å². The average molecular weight is 228 g/mol. The van der Waals surface area contributed by atoms with Crippen LogP contribution in [0.4, 0.5) is 0 Å². The number of hydrogen-bond donors (Lipinski definition) is 1. The smallest absolute Gasteiger partial charge is 0.333 e. The molecule has 0 heterocycles. The Labute approximate surface area is 96.3 Å². The van der Waals surface area contributed by atoms with Gasteiger partial charge in [-0.3, -0.25) is 4.79 Å². The topological polar surface area (TPSA) is 63.6 Å². The number of carboxylic acid groups (broad SMARTS) is 1. The van der Waals surface area contributed by atoms with Gasteiger partial charge < -0.3 is 9.84 Å². The summed E-state index contributed by atoms with van der Waals surface area (Å²) in [4.78, 5) is 22.3. The van der Waals surface area contributed by atoms with Gasteiger partial charge in [-0.25, -0.2) is 4.79 Å². The first-order valence-corrected chi connectivity index (χ1v) is 5.10. The molecule has 0 fully saturated rings. The van der Waals surface area contributed by atoms with Gasteiger partial charge in [0.2, 0.25) is 0 Å². The molecule has 0 amide bonds. The molecular weight excluding hydrogens is 208 g/mol. The zero-order valence-corrected chi connectivity index (χ0v) is 10.6. The number of carbonyl (C=O) groups is 2. The summed E-state index contributed by atoms with van der Waals surface area (Å²) in [6.45, 7) is 11.6. The predicted molar refractivity (Wildman–Crippen MR) is 61.0 cm³/mol. The Balaban J connectivity index is 4.64. The van der Waals surface area contributed by atoms with Crippen LogP contribution < -0.4 is 0 Å². The first-order valence-electron chi connectivity index (χ1n) is 5.10. The lowest BCUT2D eigenvalue weighted by Gasteiger charge is -2.31. The second kappa shape index (κ2) is 4.68. The number of carboxylic acids is 1. The van der Waals surface area contributed by atoms with Crippen LogP contribution >= 0.6 is 0 Å². The van der Waals surface area contributed by atoms with Crippen LogP contribution in [-0.4, -0.2) is 22.6 Å². The van der Waals surface area contributed by atoms with E-state index in [0.717, 1.165) is 0 Å². The van der Waals surface area contributed by atoms with Crippen LogP contribution in [-0.2, 0) is 14.3 Å². The first kappa shape index (κ1) is 14.7. The van der Waals surface area contributed by atoms with Crippen LogP contribution in [0.5, 0.6) is 0 Å². The largest absolute Gasteiger partial charge is 0.481 e. The van der Waals surface area contributed by atoms with E-state index in [1.807, 2.05) is 0 Å². The highest BCUT2D eigenvalue weighted by Crippen LogP contribution is 2.30. The van der Waals surface area contributed by atoms with Crippen molar-refractivity contribution >= 4 is 11.9 Å². The molecule has 16 heavy (non-hydrogen) atoms. The van der Waals surface area contributed by atoms with Crippen LogP contribution in [0.2, 0.25) is 0 Å². The molecule has 92 valence electrons. The van der Waals surface area contributed by atoms with Crippen molar-refractivity contribution in [2.24, 2.45) is 5.41 Å². The van der Waals surface area contributed by atoms with Crippen LogP contribution in [0.15, 0.2) is 12.2 Å². The molecule has 0 aromatic heterocycles. The summed E-state index contributed by atoms with van der Waals surface area (Å²) in [6, 6.07) is 0. The van der Waals surface area contributed by atoms with Gasteiger partial charge in [0.25, 0.3) is 0 Å². The molecule has 4 heteroatoms. The summed E-state index contributed by atoms with van der Waals surface area (Å²) in [6.07, 6.45) is 0.244. The summed E-state index contributed by atoms with van der Waals surface area (Å²) in [7, 11) is 0. The highest BCUT2D eigenvalue weighted by atomic mass is 16.6.